The summed E-state index contributed by atoms with van der Waals surface area (Å²) in [5.41, 5.74) is 1.99. The highest BCUT2D eigenvalue weighted by Gasteiger charge is 2.12. The second-order valence-corrected chi connectivity index (χ2v) is 9.17. The van der Waals surface area contributed by atoms with Gasteiger partial charge in [-0.25, -0.2) is 8.42 Å². The molecule has 0 bridgehead atoms. The van der Waals surface area contributed by atoms with Gasteiger partial charge in [-0.1, -0.05) is 43.2 Å². The normalized spacial score (nSPS) is 11.5. The van der Waals surface area contributed by atoms with Crippen LogP contribution in [0.15, 0.2) is 57.8 Å². The van der Waals surface area contributed by atoms with Crippen LogP contribution in [0.5, 0.6) is 5.75 Å². The van der Waals surface area contributed by atoms with E-state index in [1.807, 2.05) is 24.3 Å². The number of rotatable bonds is 8. The van der Waals surface area contributed by atoms with Gasteiger partial charge in [0.2, 0.25) is 5.89 Å². The number of anilines is 1. The standard InChI is InChI=1S/C21H23N3O5S/c1-14(2)16-6-8-17(9-7-16)28-13-19(25)22-21-24-23-20(29-21)12-15-4-10-18(11-5-15)30(3,26)27/h4-11,14H,12-13H2,1-3H3,(H,22,24,25). The molecule has 1 N–H and O–H groups in total. The summed E-state index contributed by atoms with van der Waals surface area (Å²) >= 11 is 0. The third-order valence-corrected chi connectivity index (χ3v) is 5.47. The molecule has 0 fully saturated rings. The van der Waals surface area contributed by atoms with Gasteiger partial charge in [-0.2, -0.15) is 0 Å². The van der Waals surface area contributed by atoms with Crippen molar-refractivity contribution in [2.75, 3.05) is 18.2 Å². The van der Waals surface area contributed by atoms with Crippen molar-refractivity contribution in [2.45, 2.75) is 31.1 Å². The SMILES string of the molecule is CC(C)c1ccc(OCC(=O)Nc2nnc(Cc3ccc(S(C)(=O)=O)cc3)o2)cc1. The molecule has 3 aromatic rings. The first-order chi connectivity index (χ1) is 14.2. The number of benzene rings is 2. The summed E-state index contributed by atoms with van der Waals surface area (Å²) in [6, 6.07) is 13.9. The van der Waals surface area contributed by atoms with Crippen LogP contribution in [0.3, 0.4) is 0 Å². The lowest BCUT2D eigenvalue weighted by Crippen LogP contribution is -2.20. The van der Waals surface area contributed by atoms with Gasteiger partial charge in [-0.3, -0.25) is 10.1 Å². The summed E-state index contributed by atoms with van der Waals surface area (Å²) in [6.45, 7) is 4.02. The Morgan fingerprint density at radius 3 is 2.33 bits per heavy atom. The maximum absolute atomic E-state index is 12.0. The van der Waals surface area contributed by atoms with E-state index in [1.165, 1.54) is 17.7 Å². The lowest BCUT2D eigenvalue weighted by atomic mass is 10.0. The van der Waals surface area contributed by atoms with Gasteiger partial charge in [0, 0.05) is 6.26 Å². The molecule has 1 heterocycles. The van der Waals surface area contributed by atoms with Gasteiger partial charge >= 0.3 is 6.01 Å². The van der Waals surface area contributed by atoms with Crippen molar-refractivity contribution in [1.82, 2.24) is 10.2 Å². The summed E-state index contributed by atoms with van der Waals surface area (Å²) in [5.74, 6) is 0.892. The third kappa shape index (κ3) is 5.90. The Labute approximate surface area is 175 Å². The van der Waals surface area contributed by atoms with E-state index in [0.29, 0.717) is 24.0 Å². The fourth-order valence-corrected chi connectivity index (χ4v) is 3.29. The van der Waals surface area contributed by atoms with Crippen molar-refractivity contribution in [3.8, 4) is 5.75 Å². The first kappa shape index (κ1) is 21.5. The van der Waals surface area contributed by atoms with E-state index < -0.39 is 15.7 Å². The number of hydrogen-bond donors (Lipinski definition) is 1. The Kier molecular flexibility index (Phi) is 6.51. The van der Waals surface area contributed by atoms with Crippen LogP contribution < -0.4 is 10.1 Å². The van der Waals surface area contributed by atoms with E-state index in [0.717, 1.165) is 11.8 Å². The average Bonchev–Trinajstić information content (AvgIpc) is 3.13. The summed E-state index contributed by atoms with van der Waals surface area (Å²) < 4.78 is 33.9. The number of nitrogens with one attached hydrogen (secondary N) is 1. The van der Waals surface area contributed by atoms with Crippen LogP contribution in [0.4, 0.5) is 6.01 Å². The van der Waals surface area contributed by atoms with E-state index in [4.69, 9.17) is 9.15 Å². The van der Waals surface area contributed by atoms with Crippen molar-refractivity contribution >= 4 is 21.8 Å². The minimum atomic E-state index is -3.24. The molecule has 0 aliphatic carbocycles. The molecule has 0 spiro atoms. The van der Waals surface area contributed by atoms with Crippen molar-refractivity contribution in [1.29, 1.82) is 0 Å². The van der Waals surface area contributed by atoms with Crippen LogP contribution in [0.2, 0.25) is 0 Å². The van der Waals surface area contributed by atoms with E-state index in [2.05, 4.69) is 29.4 Å². The number of hydrogen-bond acceptors (Lipinski definition) is 7. The number of sulfone groups is 1. The Morgan fingerprint density at radius 1 is 1.07 bits per heavy atom. The van der Waals surface area contributed by atoms with E-state index in [9.17, 15) is 13.2 Å². The highest BCUT2D eigenvalue weighted by atomic mass is 32.2. The molecule has 1 amide bonds. The molecular formula is C21H23N3O5S. The van der Waals surface area contributed by atoms with Crippen molar-refractivity contribution < 1.29 is 22.4 Å². The highest BCUT2D eigenvalue weighted by molar-refractivity contribution is 7.90. The number of amides is 1. The van der Waals surface area contributed by atoms with Crippen LogP contribution in [-0.4, -0.2) is 37.4 Å². The van der Waals surface area contributed by atoms with Gasteiger partial charge < -0.3 is 9.15 Å². The van der Waals surface area contributed by atoms with Gasteiger partial charge in [0.05, 0.1) is 11.3 Å². The zero-order valence-corrected chi connectivity index (χ0v) is 17.8. The van der Waals surface area contributed by atoms with Crippen LogP contribution in [0.1, 0.15) is 36.8 Å². The maximum Gasteiger partial charge on any atom is 0.322 e. The Hall–Kier alpha value is -3.20. The van der Waals surface area contributed by atoms with Crippen LogP contribution in [0, 0.1) is 0 Å². The summed E-state index contributed by atoms with van der Waals surface area (Å²) in [6.07, 6.45) is 1.46. The van der Waals surface area contributed by atoms with Gasteiger partial charge in [0.15, 0.2) is 16.4 Å². The fourth-order valence-electron chi connectivity index (χ4n) is 2.66. The zero-order chi connectivity index (χ0) is 21.7. The predicted octanol–water partition coefficient (Wildman–Crippen LogP) is 3.20. The number of ether oxygens (including phenoxy) is 1. The molecule has 2 aromatic carbocycles. The highest BCUT2D eigenvalue weighted by Crippen LogP contribution is 2.19. The molecule has 0 saturated heterocycles. The van der Waals surface area contributed by atoms with Crippen molar-refractivity contribution in [3.63, 3.8) is 0 Å². The third-order valence-electron chi connectivity index (χ3n) is 4.34. The van der Waals surface area contributed by atoms with Gasteiger partial charge in [0.25, 0.3) is 5.91 Å². The van der Waals surface area contributed by atoms with E-state index in [1.54, 1.807) is 12.1 Å². The smallest absolute Gasteiger partial charge is 0.322 e. The van der Waals surface area contributed by atoms with Gasteiger partial charge in [-0.15, -0.1) is 5.10 Å². The lowest BCUT2D eigenvalue weighted by Gasteiger charge is -2.08. The van der Waals surface area contributed by atoms with Crippen LogP contribution in [0.25, 0.3) is 0 Å². The van der Waals surface area contributed by atoms with Gasteiger partial charge in [-0.05, 0) is 41.3 Å². The molecule has 0 aliphatic rings. The van der Waals surface area contributed by atoms with Gasteiger partial charge in [0.1, 0.15) is 5.75 Å². The van der Waals surface area contributed by atoms with Crippen molar-refractivity contribution in [2.24, 2.45) is 0 Å². The quantitative estimate of drug-likeness (QED) is 0.585. The molecule has 3 rings (SSSR count). The number of nitrogens with zero attached hydrogens (tertiary/aromatic N) is 2. The Bertz CT molecular complexity index is 1100. The average molecular weight is 429 g/mol. The van der Waals surface area contributed by atoms with Crippen LogP contribution >= 0.6 is 0 Å². The molecule has 0 atom stereocenters. The molecule has 8 nitrogen and oxygen atoms in total. The Balaban J connectivity index is 1.51. The molecule has 0 aliphatic heterocycles. The number of carbonyl (C=O) groups excluding carboxylic acids is 1. The van der Waals surface area contributed by atoms with E-state index in [-0.39, 0.29) is 17.5 Å². The van der Waals surface area contributed by atoms with Crippen molar-refractivity contribution in [3.05, 3.63) is 65.5 Å². The molecule has 0 radical (unpaired) electrons. The predicted molar refractivity (Wildman–Crippen MR) is 111 cm³/mol. The minimum Gasteiger partial charge on any atom is -0.484 e. The number of carbonyl (C=O) groups is 1. The first-order valence-corrected chi connectivity index (χ1v) is 11.2. The molecule has 0 saturated carbocycles. The monoisotopic (exact) mass is 429 g/mol. The molecular weight excluding hydrogens is 406 g/mol. The summed E-state index contributed by atoms with van der Waals surface area (Å²) in [7, 11) is -3.24. The van der Waals surface area contributed by atoms with E-state index >= 15 is 0 Å². The number of aromatic nitrogens is 2. The topological polar surface area (TPSA) is 111 Å². The second kappa shape index (κ2) is 9.08. The fraction of sp³-hybridized carbons (Fsp3) is 0.286. The molecule has 30 heavy (non-hydrogen) atoms. The zero-order valence-electron chi connectivity index (χ0n) is 17.0. The van der Waals surface area contributed by atoms with Crippen LogP contribution in [-0.2, 0) is 21.1 Å². The molecule has 158 valence electrons. The first-order valence-electron chi connectivity index (χ1n) is 9.34. The lowest BCUT2D eigenvalue weighted by molar-refractivity contribution is -0.118. The second-order valence-electron chi connectivity index (χ2n) is 7.15. The summed E-state index contributed by atoms with van der Waals surface area (Å²) in [4.78, 5) is 12.3. The molecule has 1 aromatic heterocycles. The Morgan fingerprint density at radius 2 is 1.73 bits per heavy atom. The largest absolute Gasteiger partial charge is 0.484 e. The molecule has 0 unspecified atom stereocenters. The minimum absolute atomic E-state index is 0.0264. The maximum atomic E-state index is 12.0. The molecule has 9 heteroatoms. The summed E-state index contributed by atoms with van der Waals surface area (Å²) in [5, 5.41) is 10.2.